The SMILES string of the molecule is CCOc1ccc(NC(=O)Cn2nc(-c3ccco3)oc2=O)cc1OCC. The number of carbonyl (C=O) groups is 1. The first kappa shape index (κ1) is 18.3. The van der Waals surface area contributed by atoms with E-state index < -0.39 is 11.7 Å². The Balaban J connectivity index is 1.71. The van der Waals surface area contributed by atoms with Crippen LogP contribution >= 0.6 is 0 Å². The van der Waals surface area contributed by atoms with Gasteiger partial charge in [-0.05, 0) is 38.1 Å². The quantitative estimate of drug-likeness (QED) is 0.646. The zero-order chi connectivity index (χ0) is 19.2. The summed E-state index contributed by atoms with van der Waals surface area (Å²) < 4.78 is 22.0. The van der Waals surface area contributed by atoms with E-state index in [0.29, 0.717) is 36.2 Å². The third-order valence-corrected chi connectivity index (χ3v) is 3.46. The van der Waals surface area contributed by atoms with Gasteiger partial charge in [0.25, 0.3) is 5.89 Å². The number of anilines is 1. The average Bonchev–Trinajstić information content (AvgIpc) is 3.28. The van der Waals surface area contributed by atoms with Gasteiger partial charge in [0.1, 0.15) is 6.54 Å². The molecule has 3 aromatic rings. The Morgan fingerprint density at radius 1 is 1.19 bits per heavy atom. The van der Waals surface area contributed by atoms with Crippen molar-refractivity contribution < 1.29 is 23.1 Å². The molecule has 0 bridgehead atoms. The Kier molecular flexibility index (Phi) is 5.60. The Labute approximate surface area is 154 Å². The van der Waals surface area contributed by atoms with Gasteiger partial charge in [-0.3, -0.25) is 4.79 Å². The van der Waals surface area contributed by atoms with Crippen LogP contribution in [0, 0.1) is 0 Å². The van der Waals surface area contributed by atoms with Gasteiger partial charge in [0.05, 0.1) is 19.5 Å². The zero-order valence-electron chi connectivity index (χ0n) is 14.9. The standard InChI is InChI=1S/C18H19N3O6/c1-3-24-13-8-7-12(10-15(13)25-4-2)19-16(22)11-21-18(23)27-17(20-21)14-6-5-9-26-14/h5-10H,3-4,11H2,1-2H3,(H,19,22). The summed E-state index contributed by atoms with van der Waals surface area (Å²) in [5.41, 5.74) is 0.509. The number of nitrogens with zero attached hydrogens (tertiary/aromatic N) is 2. The molecule has 2 aromatic heterocycles. The van der Waals surface area contributed by atoms with Crippen LogP contribution in [0.4, 0.5) is 5.69 Å². The number of rotatable bonds is 8. The Morgan fingerprint density at radius 3 is 2.67 bits per heavy atom. The third kappa shape index (κ3) is 4.38. The van der Waals surface area contributed by atoms with Crippen LogP contribution in [0.1, 0.15) is 13.8 Å². The molecule has 2 heterocycles. The van der Waals surface area contributed by atoms with E-state index >= 15 is 0 Å². The summed E-state index contributed by atoms with van der Waals surface area (Å²) in [6, 6.07) is 8.30. The van der Waals surface area contributed by atoms with E-state index in [9.17, 15) is 9.59 Å². The van der Waals surface area contributed by atoms with Crippen molar-refractivity contribution in [2.75, 3.05) is 18.5 Å². The molecule has 1 N–H and O–H groups in total. The van der Waals surface area contributed by atoms with Crippen LogP contribution in [0.3, 0.4) is 0 Å². The summed E-state index contributed by atoms with van der Waals surface area (Å²) in [4.78, 5) is 24.1. The lowest BCUT2D eigenvalue weighted by atomic mass is 10.2. The maximum Gasteiger partial charge on any atom is 0.437 e. The Hall–Kier alpha value is -3.49. The van der Waals surface area contributed by atoms with Crippen LogP contribution in [0.15, 0.2) is 50.2 Å². The normalized spacial score (nSPS) is 10.6. The van der Waals surface area contributed by atoms with Crippen molar-refractivity contribution in [1.82, 2.24) is 9.78 Å². The van der Waals surface area contributed by atoms with Crippen molar-refractivity contribution in [2.24, 2.45) is 0 Å². The number of carbonyl (C=O) groups excluding carboxylic acids is 1. The maximum atomic E-state index is 12.3. The first-order chi connectivity index (χ1) is 13.1. The van der Waals surface area contributed by atoms with Gasteiger partial charge in [-0.2, -0.15) is 4.68 Å². The number of benzene rings is 1. The summed E-state index contributed by atoms with van der Waals surface area (Å²) in [6.07, 6.45) is 1.43. The highest BCUT2D eigenvalue weighted by molar-refractivity contribution is 5.90. The molecule has 3 rings (SSSR count). The highest BCUT2D eigenvalue weighted by Crippen LogP contribution is 2.30. The van der Waals surface area contributed by atoms with Gasteiger partial charge in [0.15, 0.2) is 17.3 Å². The van der Waals surface area contributed by atoms with Crippen LogP contribution in [-0.4, -0.2) is 28.9 Å². The fraction of sp³-hybridized carbons (Fsp3) is 0.278. The number of amides is 1. The molecule has 142 valence electrons. The number of hydrogen-bond donors (Lipinski definition) is 1. The summed E-state index contributed by atoms with van der Waals surface area (Å²) in [6.45, 7) is 4.38. The van der Waals surface area contributed by atoms with Crippen molar-refractivity contribution in [3.05, 3.63) is 47.1 Å². The molecule has 9 nitrogen and oxygen atoms in total. The predicted octanol–water partition coefficient (Wildman–Crippen LogP) is 2.53. The van der Waals surface area contributed by atoms with Crippen molar-refractivity contribution in [2.45, 2.75) is 20.4 Å². The van der Waals surface area contributed by atoms with Crippen molar-refractivity contribution in [1.29, 1.82) is 0 Å². The Morgan fingerprint density at radius 2 is 1.96 bits per heavy atom. The highest BCUT2D eigenvalue weighted by atomic mass is 16.5. The summed E-state index contributed by atoms with van der Waals surface area (Å²) in [5, 5.41) is 6.65. The number of nitrogens with one attached hydrogen (secondary N) is 1. The fourth-order valence-corrected chi connectivity index (χ4v) is 2.37. The molecule has 9 heteroatoms. The fourth-order valence-electron chi connectivity index (χ4n) is 2.37. The van der Waals surface area contributed by atoms with Gasteiger partial charge in [-0.1, -0.05) is 0 Å². The minimum atomic E-state index is -0.752. The lowest BCUT2D eigenvalue weighted by Crippen LogP contribution is -2.25. The van der Waals surface area contributed by atoms with Gasteiger partial charge >= 0.3 is 5.76 Å². The van der Waals surface area contributed by atoms with E-state index in [1.165, 1.54) is 6.26 Å². The molecule has 0 radical (unpaired) electrons. The Bertz CT molecular complexity index is 958. The van der Waals surface area contributed by atoms with Crippen LogP contribution in [0.2, 0.25) is 0 Å². The first-order valence-electron chi connectivity index (χ1n) is 8.42. The van der Waals surface area contributed by atoms with Crippen LogP contribution in [-0.2, 0) is 11.3 Å². The van der Waals surface area contributed by atoms with E-state index in [0.717, 1.165) is 4.68 Å². The molecule has 0 fully saturated rings. The topological polar surface area (TPSA) is 109 Å². The monoisotopic (exact) mass is 373 g/mol. The molecule has 1 amide bonds. The predicted molar refractivity (Wildman–Crippen MR) is 95.9 cm³/mol. The smallest absolute Gasteiger partial charge is 0.437 e. The molecule has 0 unspecified atom stereocenters. The van der Waals surface area contributed by atoms with Gasteiger partial charge in [0.2, 0.25) is 5.91 Å². The molecule has 1 aromatic carbocycles. The van der Waals surface area contributed by atoms with Crippen molar-refractivity contribution in [3.8, 4) is 23.1 Å². The van der Waals surface area contributed by atoms with E-state index in [1.54, 1.807) is 30.3 Å². The molecule has 0 saturated carbocycles. The first-order valence-corrected chi connectivity index (χ1v) is 8.42. The van der Waals surface area contributed by atoms with Gasteiger partial charge in [-0.15, -0.1) is 5.10 Å². The van der Waals surface area contributed by atoms with E-state index in [-0.39, 0.29) is 12.4 Å². The maximum absolute atomic E-state index is 12.3. The van der Waals surface area contributed by atoms with E-state index in [2.05, 4.69) is 10.4 Å². The molecular weight excluding hydrogens is 354 g/mol. The molecule has 0 saturated heterocycles. The molecular formula is C18H19N3O6. The van der Waals surface area contributed by atoms with Gasteiger partial charge in [-0.25, -0.2) is 4.79 Å². The van der Waals surface area contributed by atoms with E-state index in [1.807, 2.05) is 13.8 Å². The van der Waals surface area contributed by atoms with Gasteiger partial charge < -0.3 is 23.6 Å². The summed E-state index contributed by atoms with van der Waals surface area (Å²) in [7, 11) is 0. The van der Waals surface area contributed by atoms with Crippen LogP contribution in [0.5, 0.6) is 11.5 Å². The summed E-state index contributed by atoms with van der Waals surface area (Å²) >= 11 is 0. The second-order valence-electron chi connectivity index (χ2n) is 5.38. The molecule has 0 spiro atoms. The highest BCUT2D eigenvalue weighted by Gasteiger charge is 2.15. The lowest BCUT2D eigenvalue weighted by molar-refractivity contribution is -0.117. The molecule has 0 atom stereocenters. The van der Waals surface area contributed by atoms with Crippen molar-refractivity contribution >= 4 is 11.6 Å². The number of aromatic nitrogens is 2. The van der Waals surface area contributed by atoms with Crippen molar-refractivity contribution in [3.63, 3.8) is 0 Å². The van der Waals surface area contributed by atoms with Gasteiger partial charge in [0, 0.05) is 11.8 Å². The van der Waals surface area contributed by atoms with E-state index in [4.69, 9.17) is 18.3 Å². The third-order valence-electron chi connectivity index (χ3n) is 3.46. The largest absolute Gasteiger partial charge is 0.490 e. The zero-order valence-corrected chi connectivity index (χ0v) is 14.9. The molecule has 0 aliphatic heterocycles. The molecule has 27 heavy (non-hydrogen) atoms. The second-order valence-corrected chi connectivity index (χ2v) is 5.38. The van der Waals surface area contributed by atoms with Crippen LogP contribution < -0.4 is 20.5 Å². The number of furan rings is 1. The average molecular weight is 373 g/mol. The molecule has 0 aliphatic rings. The van der Waals surface area contributed by atoms with Crippen LogP contribution in [0.25, 0.3) is 11.7 Å². The second kappa shape index (κ2) is 8.26. The minimum Gasteiger partial charge on any atom is -0.490 e. The number of ether oxygens (including phenoxy) is 2. The number of hydrogen-bond acceptors (Lipinski definition) is 7. The lowest BCUT2D eigenvalue weighted by Gasteiger charge is -2.12. The minimum absolute atomic E-state index is 0.0116. The molecule has 0 aliphatic carbocycles. The summed E-state index contributed by atoms with van der Waals surface area (Å²) in [5.74, 6) is 0.238.